The highest BCUT2D eigenvalue weighted by Crippen LogP contribution is 2.26. The first-order chi connectivity index (χ1) is 12.2. The van der Waals surface area contributed by atoms with Crippen molar-refractivity contribution in [2.24, 2.45) is 11.8 Å². The first-order valence-electron chi connectivity index (χ1n) is 9.41. The van der Waals surface area contributed by atoms with Crippen LogP contribution in [0, 0.1) is 11.8 Å². The van der Waals surface area contributed by atoms with Crippen molar-refractivity contribution in [2.45, 2.75) is 51.5 Å². The number of hydrogen-bond donors (Lipinski definition) is 1. The van der Waals surface area contributed by atoms with Crippen molar-refractivity contribution in [3.8, 4) is 0 Å². The lowest BCUT2D eigenvalue weighted by Gasteiger charge is -2.34. The van der Waals surface area contributed by atoms with Gasteiger partial charge in [0.25, 0.3) is 0 Å². The van der Waals surface area contributed by atoms with Crippen molar-refractivity contribution in [3.05, 3.63) is 18.5 Å². The van der Waals surface area contributed by atoms with Gasteiger partial charge in [0.1, 0.15) is 12.1 Å². The summed E-state index contributed by atoms with van der Waals surface area (Å²) < 4.78 is 1.69. The summed E-state index contributed by atoms with van der Waals surface area (Å²) in [4.78, 5) is 14.8. The van der Waals surface area contributed by atoms with E-state index in [-0.39, 0.29) is 11.8 Å². The van der Waals surface area contributed by atoms with E-state index in [0.29, 0.717) is 6.04 Å². The third kappa shape index (κ3) is 3.60. The van der Waals surface area contributed by atoms with Gasteiger partial charge in [-0.25, -0.2) is 0 Å². The highest BCUT2D eigenvalue weighted by atomic mass is 16.1. The molecule has 0 bridgehead atoms. The topological polar surface area (TPSA) is 75.4 Å². The number of rotatable bonds is 3. The Morgan fingerprint density at radius 2 is 2.04 bits per heavy atom. The maximum Gasteiger partial charge on any atom is 0.223 e. The predicted octanol–water partition coefficient (Wildman–Crippen LogP) is 2.04. The van der Waals surface area contributed by atoms with E-state index < -0.39 is 0 Å². The van der Waals surface area contributed by atoms with Crippen LogP contribution < -0.4 is 10.2 Å². The largest absolute Gasteiger partial charge is 0.355 e. The Hall–Kier alpha value is -2.18. The van der Waals surface area contributed by atoms with Crippen molar-refractivity contribution in [3.63, 3.8) is 0 Å². The molecule has 0 radical (unpaired) electrons. The van der Waals surface area contributed by atoms with Gasteiger partial charge < -0.3 is 10.2 Å². The smallest absolute Gasteiger partial charge is 0.223 e. The standard InChI is InChI=1S/C18H26N6O/c1-13-3-2-4-15(11-13)20-18(25)14-7-9-23(10-8-14)17-6-5-16-21-19-12-24(16)22-17/h5-6,12-15H,2-4,7-11H2,1H3,(H,20,25). The fourth-order valence-electron chi connectivity index (χ4n) is 4.14. The second-order valence-corrected chi connectivity index (χ2v) is 7.56. The molecular weight excluding hydrogens is 316 g/mol. The Morgan fingerprint density at radius 3 is 2.84 bits per heavy atom. The lowest BCUT2D eigenvalue weighted by molar-refractivity contribution is -0.126. The molecule has 2 aliphatic rings. The van der Waals surface area contributed by atoms with Crippen molar-refractivity contribution in [1.29, 1.82) is 0 Å². The van der Waals surface area contributed by atoms with Crippen LogP contribution in [0.2, 0.25) is 0 Å². The molecule has 0 aromatic carbocycles. The number of carbonyl (C=O) groups is 1. The Morgan fingerprint density at radius 1 is 1.20 bits per heavy atom. The van der Waals surface area contributed by atoms with Gasteiger partial charge in [0, 0.05) is 25.0 Å². The van der Waals surface area contributed by atoms with Crippen LogP contribution in [0.1, 0.15) is 45.4 Å². The highest BCUT2D eigenvalue weighted by molar-refractivity contribution is 5.79. The van der Waals surface area contributed by atoms with Gasteiger partial charge in [-0.3, -0.25) is 4.79 Å². The van der Waals surface area contributed by atoms with Gasteiger partial charge in [0.2, 0.25) is 5.91 Å². The summed E-state index contributed by atoms with van der Waals surface area (Å²) in [7, 11) is 0. The van der Waals surface area contributed by atoms with Crippen LogP contribution in [-0.2, 0) is 4.79 Å². The molecule has 4 rings (SSSR count). The Kier molecular flexibility index (Phi) is 4.55. The second-order valence-electron chi connectivity index (χ2n) is 7.56. The van der Waals surface area contributed by atoms with Crippen molar-refractivity contribution < 1.29 is 4.79 Å². The summed E-state index contributed by atoms with van der Waals surface area (Å²) >= 11 is 0. The number of amides is 1. The number of anilines is 1. The van der Waals surface area contributed by atoms with Crippen LogP contribution in [0.25, 0.3) is 5.65 Å². The molecule has 1 saturated carbocycles. The summed E-state index contributed by atoms with van der Waals surface area (Å²) in [5, 5.41) is 15.7. The number of piperidine rings is 1. The van der Waals surface area contributed by atoms with Crippen LogP contribution in [0.3, 0.4) is 0 Å². The van der Waals surface area contributed by atoms with Gasteiger partial charge >= 0.3 is 0 Å². The molecule has 1 aliphatic carbocycles. The maximum absolute atomic E-state index is 12.6. The molecule has 2 unspecified atom stereocenters. The van der Waals surface area contributed by atoms with Crippen LogP contribution >= 0.6 is 0 Å². The third-order valence-electron chi connectivity index (χ3n) is 5.62. The summed E-state index contributed by atoms with van der Waals surface area (Å²) in [5.74, 6) is 2.04. The van der Waals surface area contributed by atoms with E-state index in [0.717, 1.165) is 56.2 Å². The lowest BCUT2D eigenvalue weighted by atomic mass is 9.86. The van der Waals surface area contributed by atoms with E-state index in [1.54, 1.807) is 10.8 Å². The normalized spacial score (nSPS) is 25.2. The van der Waals surface area contributed by atoms with E-state index in [1.165, 1.54) is 12.8 Å². The minimum absolute atomic E-state index is 0.132. The van der Waals surface area contributed by atoms with Gasteiger partial charge in [-0.1, -0.05) is 19.8 Å². The summed E-state index contributed by atoms with van der Waals surface area (Å²) in [6.45, 7) is 4.01. The number of aromatic nitrogens is 4. The van der Waals surface area contributed by atoms with Crippen molar-refractivity contribution in [2.75, 3.05) is 18.0 Å². The van der Waals surface area contributed by atoms with Crippen molar-refractivity contribution >= 4 is 17.4 Å². The number of hydrogen-bond acceptors (Lipinski definition) is 5. The fourth-order valence-corrected chi connectivity index (χ4v) is 4.14. The first-order valence-corrected chi connectivity index (χ1v) is 9.41. The van der Waals surface area contributed by atoms with Gasteiger partial charge in [-0.05, 0) is 43.7 Å². The third-order valence-corrected chi connectivity index (χ3v) is 5.62. The molecule has 2 aromatic heterocycles. The molecule has 2 aromatic rings. The minimum Gasteiger partial charge on any atom is -0.355 e. The summed E-state index contributed by atoms with van der Waals surface area (Å²) in [6, 6.07) is 4.29. The average Bonchev–Trinajstić information content (AvgIpc) is 3.09. The van der Waals surface area contributed by atoms with E-state index >= 15 is 0 Å². The van der Waals surface area contributed by atoms with Crippen LogP contribution in [0.4, 0.5) is 5.82 Å². The maximum atomic E-state index is 12.6. The van der Waals surface area contributed by atoms with E-state index in [4.69, 9.17) is 0 Å². The molecule has 134 valence electrons. The average molecular weight is 342 g/mol. The SMILES string of the molecule is CC1CCCC(NC(=O)C2CCN(c3ccc4nncn4n3)CC2)C1. The fraction of sp³-hybridized carbons (Fsp3) is 0.667. The molecule has 7 nitrogen and oxygen atoms in total. The lowest BCUT2D eigenvalue weighted by Crippen LogP contribution is -2.45. The molecule has 2 atom stereocenters. The molecule has 7 heteroatoms. The number of fused-ring (bicyclic) bond motifs is 1. The quantitative estimate of drug-likeness (QED) is 0.924. The molecule has 1 saturated heterocycles. The van der Waals surface area contributed by atoms with Gasteiger partial charge in [-0.2, -0.15) is 4.52 Å². The van der Waals surface area contributed by atoms with Gasteiger partial charge in [0.15, 0.2) is 5.65 Å². The monoisotopic (exact) mass is 342 g/mol. The zero-order valence-corrected chi connectivity index (χ0v) is 14.8. The summed E-state index contributed by atoms with van der Waals surface area (Å²) in [6.07, 6.45) is 8.19. The molecule has 1 amide bonds. The number of nitrogens with zero attached hydrogens (tertiary/aromatic N) is 5. The molecule has 3 heterocycles. The number of nitrogens with one attached hydrogen (secondary N) is 1. The zero-order valence-electron chi connectivity index (χ0n) is 14.8. The Balaban J connectivity index is 1.32. The van der Waals surface area contributed by atoms with Crippen LogP contribution in [-0.4, -0.2) is 44.8 Å². The zero-order chi connectivity index (χ0) is 17.2. The van der Waals surface area contributed by atoms with E-state index in [2.05, 4.69) is 32.4 Å². The Labute approximate surface area is 147 Å². The predicted molar refractivity (Wildman–Crippen MR) is 95.3 cm³/mol. The summed E-state index contributed by atoms with van der Waals surface area (Å²) in [5.41, 5.74) is 0.750. The van der Waals surface area contributed by atoms with Gasteiger partial charge in [-0.15, -0.1) is 15.3 Å². The van der Waals surface area contributed by atoms with E-state index in [9.17, 15) is 4.79 Å². The molecule has 1 N–H and O–H groups in total. The van der Waals surface area contributed by atoms with Crippen LogP contribution in [0.15, 0.2) is 18.5 Å². The molecular formula is C18H26N6O. The second kappa shape index (κ2) is 6.98. The highest BCUT2D eigenvalue weighted by Gasteiger charge is 2.28. The number of carbonyl (C=O) groups excluding carboxylic acids is 1. The van der Waals surface area contributed by atoms with Crippen LogP contribution in [0.5, 0.6) is 0 Å². The minimum atomic E-state index is 0.132. The Bertz CT molecular complexity index is 736. The molecule has 1 aliphatic heterocycles. The van der Waals surface area contributed by atoms with Gasteiger partial charge in [0.05, 0.1) is 0 Å². The molecule has 2 fully saturated rings. The van der Waals surface area contributed by atoms with Crippen molar-refractivity contribution in [1.82, 2.24) is 25.1 Å². The molecule has 25 heavy (non-hydrogen) atoms. The van der Waals surface area contributed by atoms with E-state index in [1.807, 2.05) is 12.1 Å². The first kappa shape index (κ1) is 16.3. The molecule has 0 spiro atoms.